The fourth-order valence-corrected chi connectivity index (χ4v) is 1.15. The van der Waals surface area contributed by atoms with Gasteiger partial charge >= 0.3 is 5.69 Å². The molecule has 0 aliphatic heterocycles. The number of nitrogens with zero attached hydrogens (tertiary/aromatic N) is 3. The smallest absolute Gasteiger partial charge is 0.349 e. The van der Waals surface area contributed by atoms with Crippen LogP contribution in [-0.2, 0) is 4.74 Å². The normalized spacial score (nSPS) is 11.2. The predicted molar refractivity (Wildman–Crippen MR) is 67.7 cm³/mol. The summed E-state index contributed by atoms with van der Waals surface area (Å²) < 4.78 is 10.7. The molecule has 0 spiro atoms. The molecule has 0 saturated heterocycles. The van der Waals surface area contributed by atoms with E-state index in [4.69, 9.17) is 15.3 Å². The van der Waals surface area contributed by atoms with Crippen LogP contribution in [-0.4, -0.2) is 33.7 Å². The molecule has 0 aliphatic carbocycles. The molecule has 0 atom stereocenters. The highest BCUT2D eigenvalue weighted by Crippen LogP contribution is 2.24. The molecule has 1 heterocycles. The van der Waals surface area contributed by atoms with E-state index in [0.717, 1.165) is 6.20 Å². The number of aromatic nitrogens is 2. The third kappa shape index (κ3) is 5.02. The third-order valence-electron chi connectivity index (χ3n) is 1.92. The first-order valence-electron chi connectivity index (χ1n) is 5.58. The Morgan fingerprint density at radius 1 is 1.47 bits per heavy atom. The maximum absolute atomic E-state index is 10.8. The van der Waals surface area contributed by atoms with Gasteiger partial charge in [-0.05, 0) is 20.8 Å². The minimum absolute atomic E-state index is 0.0392. The number of hydrogen-bond acceptors (Lipinski definition) is 8. The summed E-state index contributed by atoms with van der Waals surface area (Å²) >= 11 is 0. The number of nitro groups is 1. The average Bonchev–Trinajstić information content (AvgIpc) is 2.33. The molecule has 0 amide bonds. The molecule has 0 aliphatic rings. The summed E-state index contributed by atoms with van der Waals surface area (Å²) in [4.78, 5) is 17.6. The van der Waals surface area contributed by atoms with E-state index in [-0.39, 0.29) is 36.3 Å². The van der Waals surface area contributed by atoms with Gasteiger partial charge < -0.3 is 9.47 Å². The Labute approximate surface area is 110 Å². The molecule has 0 fully saturated rings. The van der Waals surface area contributed by atoms with Crippen molar-refractivity contribution < 1.29 is 14.4 Å². The van der Waals surface area contributed by atoms with Gasteiger partial charge in [0.25, 0.3) is 5.88 Å². The molecule has 19 heavy (non-hydrogen) atoms. The fraction of sp³-hybridized carbons (Fsp3) is 0.600. The summed E-state index contributed by atoms with van der Waals surface area (Å²) in [5.74, 6) is 5.02. The zero-order valence-corrected chi connectivity index (χ0v) is 11.0. The van der Waals surface area contributed by atoms with Crippen molar-refractivity contribution in [3.8, 4) is 5.88 Å². The van der Waals surface area contributed by atoms with Crippen LogP contribution in [0.3, 0.4) is 0 Å². The topological polar surface area (TPSA) is 125 Å². The largest absolute Gasteiger partial charge is 0.470 e. The number of rotatable bonds is 6. The Hall–Kier alpha value is -2.00. The zero-order chi connectivity index (χ0) is 14.5. The molecule has 0 aromatic carbocycles. The van der Waals surface area contributed by atoms with Crippen LogP contribution in [0.2, 0.25) is 0 Å². The number of anilines is 1. The monoisotopic (exact) mass is 271 g/mol. The highest BCUT2D eigenvalue weighted by atomic mass is 16.6. The van der Waals surface area contributed by atoms with Crippen molar-refractivity contribution in [2.45, 2.75) is 26.4 Å². The number of ether oxygens (including phenoxy) is 2. The van der Waals surface area contributed by atoms with Gasteiger partial charge in [0.2, 0.25) is 5.95 Å². The molecule has 106 valence electrons. The lowest BCUT2D eigenvalue weighted by Crippen LogP contribution is -2.22. The van der Waals surface area contributed by atoms with Gasteiger partial charge in [-0.15, -0.1) is 0 Å². The molecule has 0 saturated carbocycles. The van der Waals surface area contributed by atoms with Crippen LogP contribution in [0.25, 0.3) is 0 Å². The molecule has 9 heteroatoms. The zero-order valence-electron chi connectivity index (χ0n) is 11.0. The van der Waals surface area contributed by atoms with E-state index in [1.807, 2.05) is 20.8 Å². The highest BCUT2D eigenvalue weighted by molar-refractivity contribution is 5.42. The highest BCUT2D eigenvalue weighted by Gasteiger charge is 2.19. The third-order valence-corrected chi connectivity index (χ3v) is 1.92. The number of nitrogens with one attached hydrogen (secondary N) is 1. The van der Waals surface area contributed by atoms with E-state index < -0.39 is 4.92 Å². The van der Waals surface area contributed by atoms with Crippen molar-refractivity contribution in [3.05, 3.63) is 16.3 Å². The summed E-state index contributed by atoms with van der Waals surface area (Å²) in [6.07, 6.45) is 1.03. The average molecular weight is 271 g/mol. The minimum Gasteiger partial charge on any atom is -0.470 e. The molecule has 3 N–H and O–H groups in total. The van der Waals surface area contributed by atoms with Gasteiger partial charge in [-0.1, -0.05) is 0 Å². The van der Waals surface area contributed by atoms with E-state index in [1.54, 1.807) is 0 Å². The lowest BCUT2D eigenvalue weighted by molar-refractivity contribution is -0.386. The molecule has 0 bridgehead atoms. The predicted octanol–water partition coefficient (Wildman–Crippen LogP) is 0.864. The van der Waals surface area contributed by atoms with Crippen LogP contribution in [0.1, 0.15) is 20.8 Å². The van der Waals surface area contributed by atoms with Crippen LogP contribution >= 0.6 is 0 Å². The Kier molecular flexibility index (Phi) is 4.95. The van der Waals surface area contributed by atoms with Crippen LogP contribution in [0.4, 0.5) is 11.6 Å². The van der Waals surface area contributed by atoms with E-state index in [1.165, 1.54) is 0 Å². The van der Waals surface area contributed by atoms with Gasteiger partial charge in [0.15, 0.2) is 0 Å². The number of hydrogen-bond donors (Lipinski definition) is 2. The van der Waals surface area contributed by atoms with Gasteiger partial charge in [-0.2, -0.15) is 4.98 Å². The van der Waals surface area contributed by atoms with Crippen molar-refractivity contribution >= 4 is 11.6 Å². The van der Waals surface area contributed by atoms with E-state index >= 15 is 0 Å². The Bertz CT molecular complexity index is 446. The number of hydrazine groups is 1. The Balaban J connectivity index is 2.67. The first-order chi connectivity index (χ1) is 8.83. The van der Waals surface area contributed by atoms with Gasteiger partial charge in [0, 0.05) is 0 Å². The summed E-state index contributed by atoms with van der Waals surface area (Å²) in [6, 6.07) is 0. The van der Waals surface area contributed by atoms with Gasteiger partial charge in [-0.3, -0.25) is 15.5 Å². The molecule has 0 radical (unpaired) electrons. The molecule has 1 aromatic rings. The fourth-order valence-electron chi connectivity index (χ4n) is 1.15. The lowest BCUT2D eigenvalue weighted by Gasteiger charge is -2.19. The van der Waals surface area contributed by atoms with E-state index in [2.05, 4.69) is 15.4 Å². The molecule has 9 nitrogen and oxygen atoms in total. The van der Waals surface area contributed by atoms with Crippen LogP contribution in [0.15, 0.2) is 6.20 Å². The van der Waals surface area contributed by atoms with E-state index in [0.29, 0.717) is 0 Å². The summed E-state index contributed by atoms with van der Waals surface area (Å²) in [5.41, 5.74) is 1.57. The van der Waals surface area contributed by atoms with Crippen LogP contribution in [0.5, 0.6) is 5.88 Å². The second kappa shape index (κ2) is 6.25. The summed E-state index contributed by atoms with van der Waals surface area (Å²) in [6.45, 7) is 6.12. The van der Waals surface area contributed by atoms with E-state index in [9.17, 15) is 10.1 Å². The maximum Gasteiger partial charge on any atom is 0.349 e. The molecule has 0 unspecified atom stereocenters. The van der Waals surface area contributed by atoms with Crippen LogP contribution < -0.4 is 16.0 Å². The van der Waals surface area contributed by atoms with Gasteiger partial charge in [0.05, 0.1) is 17.1 Å². The first kappa shape index (κ1) is 15.1. The van der Waals surface area contributed by atoms with Crippen molar-refractivity contribution in [3.63, 3.8) is 0 Å². The summed E-state index contributed by atoms with van der Waals surface area (Å²) in [5, 5.41) is 10.8. The standard InChI is InChI=1S/C10H17N5O4/c1-10(2,3)19-5-4-18-8-7(15(16)17)6-12-9(13-8)14-11/h6H,4-5,11H2,1-3H3,(H,12,13,14). The molecule has 1 aromatic heterocycles. The SMILES string of the molecule is CC(C)(C)OCCOc1nc(NN)ncc1[N+](=O)[O-]. The minimum atomic E-state index is -0.625. The lowest BCUT2D eigenvalue weighted by atomic mass is 10.2. The second-order valence-electron chi connectivity index (χ2n) is 4.59. The molecular weight excluding hydrogens is 254 g/mol. The van der Waals surface area contributed by atoms with Crippen molar-refractivity contribution in [1.29, 1.82) is 0 Å². The van der Waals surface area contributed by atoms with Crippen molar-refractivity contribution in [2.24, 2.45) is 5.84 Å². The van der Waals surface area contributed by atoms with Crippen molar-refractivity contribution in [1.82, 2.24) is 9.97 Å². The van der Waals surface area contributed by atoms with Gasteiger partial charge in [0.1, 0.15) is 12.8 Å². The molecule has 1 rings (SSSR count). The van der Waals surface area contributed by atoms with Crippen molar-refractivity contribution in [2.75, 3.05) is 18.6 Å². The Morgan fingerprint density at radius 2 is 2.16 bits per heavy atom. The quantitative estimate of drug-likeness (QED) is 0.338. The maximum atomic E-state index is 10.8. The summed E-state index contributed by atoms with van der Waals surface area (Å²) in [7, 11) is 0. The number of nitrogens with two attached hydrogens (primary N) is 1. The van der Waals surface area contributed by atoms with Gasteiger partial charge in [-0.25, -0.2) is 10.8 Å². The number of nitrogen functional groups attached to an aromatic ring is 1. The first-order valence-corrected chi connectivity index (χ1v) is 5.58. The Morgan fingerprint density at radius 3 is 2.68 bits per heavy atom. The molecular formula is C10H17N5O4. The second-order valence-corrected chi connectivity index (χ2v) is 4.59. The van der Waals surface area contributed by atoms with Crippen LogP contribution in [0, 0.1) is 10.1 Å².